The lowest BCUT2D eigenvalue weighted by atomic mass is 9.98. The van der Waals surface area contributed by atoms with E-state index in [4.69, 9.17) is 22.4 Å². The second kappa shape index (κ2) is 22.8. The van der Waals surface area contributed by atoms with Gasteiger partial charge in [0.25, 0.3) is 0 Å². The van der Waals surface area contributed by atoms with Gasteiger partial charge in [-0.2, -0.15) is 0 Å². The van der Waals surface area contributed by atoms with Crippen LogP contribution >= 0.6 is 11.6 Å². The van der Waals surface area contributed by atoms with Gasteiger partial charge >= 0.3 is 5.97 Å². The Hall–Kier alpha value is -1.66. The predicted octanol–water partition coefficient (Wildman–Crippen LogP) is 6.82. The number of aliphatic carboxylic acids is 1. The fraction of sp³-hybridized carbons (Fsp3) is 0.750. The Morgan fingerprint density at radius 2 is 1.00 bits per heavy atom. The molecule has 0 aliphatic carbocycles. The summed E-state index contributed by atoms with van der Waals surface area (Å²) in [7, 11) is 0. The third-order valence-corrected chi connectivity index (χ3v) is 5.26. The zero-order chi connectivity index (χ0) is 29.0. The summed E-state index contributed by atoms with van der Waals surface area (Å²) in [6.45, 7) is 29.1. The molecule has 0 atom stereocenters. The lowest BCUT2D eigenvalue weighted by Gasteiger charge is -2.15. The van der Waals surface area contributed by atoms with E-state index in [9.17, 15) is 14.4 Å². The van der Waals surface area contributed by atoms with E-state index in [1.54, 1.807) is 27.7 Å². The highest BCUT2D eigenvalue weighted by Gasteiger charge is 2.10. The second-order valence-corrected chi connectivity index (χ2v) is 10.8. The van der Waals surface area contributed by atoms with Crippen LogP contribution in [0.4, 0.5) is 0 Å². The Labute approximate surface area is 221 Å². The van der Waals surface area contributed by atoms with E-state index in [0.29, 0.717) is 24.9 Å². The number of carboxylic acid groups (broad SMARTS) is 1. The van der Waals surface area contributed by atoms with E-state index < -0.39 is 5.97 Å². The van der Waals surface area contributed by atoms with Crippen LogP contribution in [-0.4, -0.2) is 35.3 Å². The second-order valence-electron chi connectivity index (χ2n) is 10.4. The largest absolute Gasteiger partial charge is 0.481 e. The number of allylic oxidation sites excluding steroid dienone is 2. The Kier molecular flexibility index (Phi) is 26.4. The summed E-state index contributed by atoms with van der Waals surface area (Å²) in [6, 6.07) is 0. The standard InChI is InChI=1S/C12H23NO.C8H17N.C4H7ClO.C4H8O2/c1-8(2)11(9(3)4)7-13-12(14)10(5)6;1-6(2)8(5-9)7(3)4;2*1-3(2)4(5)6/h8,10H,7H2,1-6H3,(H,13,14);6H,5,9H2,1-4H3;3H,1-2H3;3H,1-2H3,(H,5,6). The highest BCUT2D eigenvalue weighted by atomic mass is 35.5. The van der Waals surface area contributed by atoms with Crippen LogP contribution in [-0.2, 0) is 14.4 Å². The van der Waals surface area contributed by atoms with Gasteiger partial charge < -0.3 is 16.2 Å². The van der Waals surface area contributed by atoms with Gasteiger partial charge in [0.2, 0.25) is 11.1 Å². The highest BCUT2D eigenvalue weighted by Crippen LogP contribution is 2.13. The van der Waals surface area contributed by atoms with Crippen molar-refractivity contribution in [1.29, 1.82) is 0 Å². The Morgan fingerprint density at radius 3 is 1.11 bits per heavy atom. The topological polar surface area (TPSA) is 109 Å². The van der Waals surface area contributed by atoms with E-state index in [1.165, 1.54) is 22.3 Å². The summed E-state index contributed by atoms with van der Waals surface area (Å²) in [5, 5.41) is 10.7. The van der Waals surface area contributed by atoms with E-state index in [0.717, 1.165) is 0 Å². The molecule has 0 bridgehead atoms. The van der Waals surface area contributed by atoms with Gasteiger partial charge in [-0.05, 0) is 56.7 Å². The van der Waals surface area contributed by atoms with Crippen LogP contribution in [0.3, 0.4) is 0 Å². The summed E-state index contributed by atoms with van der Waals surface area (Å²) in [4.78, 5) is 31.0. The van der Waals surface area contributed by atoms with Gasteiger partial charge in [0.1, 0.15) is 0 Å². The molecule has 208 valence electrons. The van der Waals surface area contributed by atoms with Gasteiger partial charge in [-0.1, -0.05) is 86.0 Å². The lowest BCUT2D eigenvalue weighted by Crippen LogP contribution is -2.30. The van der Waals surface area contributed by atoms with Crippen molar-refractivity contribution in [3.05, 3.63) is 22.3 Å². The van der Waals surface area contributed by atoms with E-state index >= 15 is 0 Å². The lowest BCUT2D eigenvalue weighted by molar-refractivity contribution is -0.140. The van der Waals surface area contributed by atoms with Crippen molar-refractivity contribution in [3.63, 3.8) is 0 Å². The summed E-state index contributed by atoms with van der Waals surface area (Å²) in [5.41, 5.74) is 10.9. The number of amides is 1. The van der Waals surface area contributed by atoms with Crippen molar-refractivity contribution in [3.8, 4) is 0 Å². The molecule has 0 aliphatic rings. The molecule has 0 unspecified atom stereocenters. The zero-order valence-electron chi connectivity index (χ0n) is 24.9. The van der Waals surface area contributed by atoms with Gasteiger partial charge in [0.15, 0.2) is 0 Å². The maximum absolute atomic E-state index is 11.4. The summed E-state index contributed by atoms with van der Waals surface area (Å²) >= 11 is 4.97. The van der Waals surface area contributed by atoms with Crippen LogP contribution in [0, 0.1) is 29.6 Å². The molecule has 0 aromatic heterocycles. The molecule has 0 saturated carbocycles. The first-order valence-electron chi connectivity index (χ1n) is 12.5. The maximum atomic E-state index is 11.4. The first-order chi connectivity index (χ1) is 15.7. The number of halogens is 1. The minimum atomic E-state index is -0.741. The molecule has 6 nitrogen and oxygen atoms in total. The average molecular weight is 519 g/mol. The van der Waals surface area contributed by atoms with Crippen LogP contribution in [0.15, 0.2) is 22.3 Å². The maximum Gasteiger partial charge on any atom is 0.305 e. The summed E-state index contributed by atoms with van der Waals surface area (Å²) in [5.74, 6) is 0.323. The molecule has 0 aromatic carbocycles. The molecule has 0 aromatic rings. The molecule has 0 rings (SSSR count). The van der Waals surface area contributed by atoms with Crippen LogP contribution in [0.5, 0.6) is 0 Å². The number of carbonyl (C=O) groups is 3. The highest BCUT2D eigenvalue weighted by molar-refractivity contribution is 6.63. The first-order valence-corrected chi connectivity index (χ1v) is 12.8. The molecule has 7 heteroatoms. The first kappa shape index (κ1) is 40.5. The summed E-state index contributed by atoms with van der Waals surface area (Å²) in [6.07, 6.45) is 0. The van der Waals surface area contributed by atoms with Crippen molar-refractivity contribution in [2.75, 3.05) is 13.1 Å². The van der Waals surface area contributed by atoms with Crippen LogP contribution in [0.2, 0.25) is 0 Å². The third kappa shape index (κ3) is 26.8. The molecule has 4 N–H and O–H groups in total. The SMILES string of the molecule is CC(C)=C(CN)C(C)C.CC(C)=C(CNC(=O)C(C)C)C(C)C.CC(C)C(=O)Cl.CC(C)C(=O)O. The quantitative estimate of drug-likeness (QED) is 0.241. The molecule has 0 spiro atoms. The zero-order valence-corrected chi connectivity index (χ0v) is 25.7. The minimum absolute atomic E-state index is 0.0216. The van der Waals surface area contributed by atoms with E-state index in [-0.39, 0.29) is 28.9 Å². The van der Waals surface area contributed by atoms with Crippen molar-refractivity contribution in [1.82, 2.24) is 5.32 Å². The number of carbonyl (C=O) groups excluding carboxylic acids is 2. The molecular weight excluding hydrogens is 464 g/mol. The molecule has 0 fully saturated rings. The normalized spacial score (nSPS) is 9.97. The molecule has 35 heavy (non-hydrogen) atoms. The third-order valence-electron chi connectivity index (χ3n) is 4.82. The van der Waals surface area contributed by atoms with Crippen LogP contribution in [0.1, 0.15) is 96.9 Å². The molecule has 0 aliphatic heterocycles. The molecule has 0 heterocycles. The molecule has 1 amide bonds. The van der Waals surface area contributed by atoms with Gasteiger partial charge in [0.05, 0.1) is 5.92 Å². The van der Waals surface area contributed by atoms with Crippen LogP contribution in [0.25, 0.3) is 0 Å². The smallest absolute Gasteiger partial charge is 0.305 e. The van der Waals surface area contributed by atoms with Gasteiger partial charge in [-0.3, -0.25) is 14.4 Å². The number of nitrogens with two attached hydrogens (primary N) is 1. The number of carboxylic acids is 1. The van der Waals surface area contributed by atoms with Crippen molar-refractivity contribution < 1.29 is 19.5 Å². The minimum Gasteiger partial charge on any atom is -0.481 e. The Bertz CT molecular complexity index is 650. The molecule has 0 radical (unpaired) electrons. The van der Waals surface area contributed by atoms with Crippen molar-refractivity contribution in [2.45, 2.75) is 96.9 Å². The molecule has 0 saturated heterocycles. The average Bonchev–Trinajstić information content (AvgIpc) is 2.68. The monoisotopic (exact) mass is 518 g/mol. The van der Waals surface area contributed by atoms with Crippen molar-refractivity contribution >= 4 is 28.7 Å². The van der Waals surface area contributed by atoms with Gasteiger partial charge in [0, 0.05) is 24.9 Å². The van der Waals surface area contributed by atoms with Crippen LogP contribution < -0.4 is 11.1 Å². The number of nitrogens with one attached hydrogen (secondary N) is 1. The number of hydrogen-bond donors (Lipinski definition) is 3. The van der Waals surface area contributed by atoms with Gasteiger partial charge in [-0.15, -0.1) is 0 Å². The molecular formula is C28H55ClN2O4. The fourth-order valence-corrected chi connectivity index (χ4v) is 2.36. The van der Waals surface area contributed by atoms with E-state index in [2.05, 4.69) is 60.7 Å². The van der Waals surface area contributed by atoms with Gasteiger partial charge in [-0.25, -0.2) is 0 Å². The van der Waals surface area contributed by atoms with E-state index in [1.807, 2.05) is 13.8 Å². The van der Waals surface area contributed by atoms with Crippen molar-refractivity contribution in [2.24, 2.45) is 35.3 Å². The fourth-order valence-electron chi connectivity index (χ4n) is 2.36. The Morgan fingerprint density at radius 1 is 0.686 bits per heavy atom. The Balaban J connectivity index is -0.000000197. The predicted molar refractivity (Wildman–Crippen MR) is 151 cm³/mol. The summed E-state index contributed by atoms with van der Waals surface area (Å²) < 4.78 is 0. The number of rotatable bonds is 8. The number of hydrogen-bond acceptors (Lipinski definition) is 4.